The number of nitrogens with two attached hydrogens (primary N) is 1. The summed E-state index contributed by atoms with van der Waals surface area (Å²) in [6.07, 6.45) is 0. The number of aliphatic imine (C=N–C) groups is 1. The van der Waals surface area contributed by atoms with Gasteiger partial charge < -0.3 is 11.1 Å². The Hall–Kier alpha value is -1.06. The van der Waals surface area contributed by atoms with Gasteiger partial charge >= 0.3 is 0 Å². The van der Waals surface area contributed by atoms with Crippen LogP contribution in [-0.4, -0.2) is 18.9 Å². The van der Waals surface area contributed by atoms with Crippen LogP contribution in [0.4, 0.5) is 0 Å². The van der Waals surface area contributed by atoms with Crippen molar-refractivity contribution in [3.05, 3.63) is 34.3 Å². The summed E-state index contributed by atoms with van der Waals surface area (Å²) in [4.78, 5) is 4.38. The number of halogens is 1. The Balaban J connectivity index is 2.46. The molecule has 4 heteroatoms. The van der Waals surface area contributed by atoms with Crippen LogP contribution in [0.1, 0.15) is 18.1 Å². The maximum absolute atomic E-state index is 6.34. The van der Waals surface area contributed by atoms with Gasteiger partial charge in [0.1, 0.15) is 5.84 Å². The average molecular weight is 238 g/mol. The van der Waals surface area contributed by atoms with Crippen LogP contribution in [0.15, 0.2) is 23.2 Å². The van der Waals surface area contributed by atoms with Crippen LogP contribution >= 0.6 is 11.6 Å². The van der Waals surface area contributed by atoms with Gasteiger partial charge in [0.15, 0.2) is 0 Å². The van der Waals surface area contributed by atoms with Gasteiger partial charge in [0.2, 0.25) is 0 Å². The molecule has 1 aliphatic heterocycles. The molecule has 0 amide bonds. The molecule has 3 nitrogen and oxygen atoms in total. The molecule has 1 unspecified atom stereocenters. The fraction of sp³-hybridized carbons (Fsp3) is 0.417. The number of hydrogen-bond donors (Lipinski definition) is 2. The Kier molecular flexibility index (Phi) is 2.91. The van der Waals surface area contributed by atoms with Crippen molar-refractivity contribution in [3.63, 3.8) is 0 Å². The topological polar surface area (TPSA) is 50.4 Å². The molecule has 0 aliphatic carbocycles. The van der Waals surface area contributed by atoms with E-state index in [1.165, 1.54) is 0 Å². The largest absolute Gasteiger partial charge is 0.370 e. The highest BCUT2D eigenvalue weighted by molar-refractivity contribution is 6.32. The van der Waals surface area contributed by atoms with Crippen molar-refractivity contribution >= 4 is 17.4 Å². The molecule has 0 radical (unpaired) electrons. The molecule has 0 bridgehead atoms. The lowest BCUT2D eigenvalue weighted by atomic mass is 9.90. The third-order valence-electron chi connectivity index (χ3n) is 2.92. The van der Waals surface area contributed by atoms with E-state index in [-0.39, 0.29) is 0 Å². The van der Waals surface area contributed by atoms with E-state index in [1.807, 2.05) is 32.0 Å². The summed E-state index contributed by atoms with van der Waals surface area (Å²) < 4.78 is 0. The van der Waals surface area contributed by atoms with Crippen LogP contribution < -0.4 is 11.1 Å². The molecule has 1 aliphatic rings. The minimum Gasteiger partial charge on any atom is -0.370 e. The normalized spacial score (nSPS) is 18.9. The molecule has 1 heterocycles. The summed E-state index contributed by atoms with van der Waals surface area (Å²) >= 11 is 6.29. The van der Waals surface area contributed by atoms with Crippen LogP contribution in [0.5, 0.6) is 0 Å². The molecule has 86 valence electrons. The first kappa shape index (κ1) is 11.4. The van der Waals surface area contributed by atoms with Gasteiger partial charge in [-0.1, -0.05) is 29.8 Å². The van der Waals surface area contributed by atoms with E-state index in [9.17, 15) is 0 Å². The monoisotopic (exact) mass is 237 g/mol. The highest BCUT2D eigenvalue weighted by atomic mass is 35.5. The standard InChI is InChI=1S/C12H16ClN3/c1-8-4-3-5-9(10(8)13)12(2,14)11-15-6-7-16-11/h3-5H,6-7,14H2,1-2H3,(H,15,16). The maximum atomic E-state index is 6.34. The predicted octanol–water partition coefficient (Wildman–Crippen LogP) is 1.82. The van der Waals surface area contributed by atoms with Gasteiger partial charge in [-0.2, -0.15) is 0 Å². The number of benzene rings is 1. The Bertz CT molecular complexity index is 438. The Morgan fingerprint density at radius 1 is 1.50 bits per heavy atom. The highest BCUT2D eigenvalue weighted by Crippen LogP contribution is 2.29. The Morgan fingerprint density at radius 3 is 2.88 bits per heavy atom. The molecule has 1 aromatic carbocycles. The van der Waals surface area contributed by atoms with Crippen molar-refractivity contribution in [2.75, 3.05) is 13.1 Å². The highest BCUT2D eigenvalue weighted by Gasteiger charge is 2.31. The van der Waals surface area contributed by atoms with Crippen LogP contribution in [-0.2, 0) is 5.54 Å². The smallest absolute Gasteiger partial charge is 0.121 e. The van der Waals surface area contributed by atoms with Crippen LogP contribution in [0.2, 0.25) is 5.02 Å². The molecule has 0 aromatic heterocycles. The van der Waals surface area contributed by atoms with Crippen LogP contribution in [0.25, 0.3) is 0 Å². The van der Waals surface area contributed by atoms with E-state index >= 15 is 0 Å². The molecule has 0 saturated heterocycles. The molecule has 0 saturated carbocycles. The second-order valence-electron chi connectivity index (χ2n) is 4.30. The molecule has 0 fully saturated rings. The SMILES string of the molecule is Cc1cccc(C(C)(N)C2=NCCN2)c1Cl. The van der Waals surface area contributed by atoms with Gasteiger partial charge in [-0.3, -0.25) is 4.99 Å². The first-order chi connectivity index (χ1) is 7.53. The molecule has 16 heavy (non-hydrogen) atoms. The average Bonchev–Trinajstić information content (AvgIpc) is 2.75. The van der Waals surface area contributed by atoms with Gasteiger partial charge in [-0.05, 0) is 25.0 Å². The lowest BCUT2D eigenvalue weighted by Gasteiger charge is -2.27. The van der Waals surface area contributed by atoms with Crippen LogP contribution in [0.3, 0.4) is 0 Å². The Labute approximate surface area is 101 Å². The summed E-state index contributed by atoms with van der Waals surface area (Å²) in [6.45, 7) is 5.55. The minimum absolute atomic E-state index is 0.639. The number of amidine groups is 1. The zero-order valence-corrected chi connectivity index (χ0v) is 10.3. The van der Waals surface area contributed by atoms with E-state index in [4.69, 9.17) is 17.3 Å². The molecule has 3 N–H and O–H groups in total. The molecule has 0 spiro atoms. The fourth-order valence-corrected chi connectivity index (χ4v) is 2.24. The minimum atomic E-state index is -0.639. The van der Waals surface area contributed by atoms with Gasteiger partial charge in [0, 0.05) is 11.6 Å². The molecule has 1 atom stereocenters. The third-order valence-corrected chi connectivity index (χ3v) is 3.42. The van der Waals surface area contributed by atoms with Crippen molar-refractivity contribution in [3.8, 4) is 0 Å². The first-order valence-corrected chi connectivity index (χ1v) is 5.74. The molecular formula is C12H16ClN3. The van der Waals surface area contributed by atoms with Gasteiger partial charge in [0.25, 0.3) is 0 Å². The van der Waals surface area contributed by atoms with Crippen molar-refractivity contribution in [1.29, 1.82) is 0 Å². The summed E-state index contributed by atoms with van der Waals surface area (Å²) in [6, 6.07) is 5.90. The summed E-state index contributed by atoms with van der Waals surface area (Å²) in [7, 11) is 0. The van der Waals surface area contributed by atoms with E-state index in [0.29, 0.717) is 0 Å². The predicted molar refractivity (Wildman–Crippen MR) is 68.0 cm³/mol. The maximum Gasteiger partial charge on any atom is 0.121 e. The zero-order chi connectivity index (χ0) is 11.8. The van der Waals surface area contributed by atoms with Crippen molar-refractivity contribution in [1.82, 2.24) is 5.32 Å². The van der Waals surface area contributed by atoms with Gasteiger partial charge in [0.05, 0.1) is 12.1 Å². The van der Waals surface area contributed by atoms with E-state index in [1.54, 1.807) is 0 Å². The van der Waals surface area contributed by atoms with Crippen molar-refractivity contribution in [2.24, 2.45) is 10.7 Å². The van der Waals surface area contributed by atoms with E-state index in [2.05, 4.69) is 10.3 Å². The first-order valence-electron chi connectivity index (χ1n) is 5.37. The third kappa shape index (κ3) is 1.81. The number of aryl methyl sites for hydroxylation is 1. The zero-order valence-electron chi connectivity index (χ0n) is 9.55. The van der Waals surface area contributed by atoms with Gasteiger partial charge in [-0.15, -0.1) is 0 Å². The van der Waals surface area contributed by atoms with E-state index in [0.717, 1.165) is 35.1 Å². The number of nitrogens with one attached hydrogen (secondary N) is 1. The summed E-state index contributed by atoms with van der Waals surface area (Å²) in [5.74, 6) is 0.819. The summed E-state index contributed by atoms with van der Waals surface area (Å²) in [5.41, 5.74) is 7.65. The summed E-state index contributed by atoms with van der Waals surface area (Å²) in [5, 5.41) is 3.93. The second-order valence-corrected chi connectivity index (χ2v) is 4.67. The molecular weight excluding hydrogens is 222 g/mol. The van der Waals surface area contributed by atoms with Gasteiger partial charge in [-0.25, -0.2) is 0 Å². The van der Waals surface area contributed by atoms with Crippen LogP contribution in [0, 0.1) is 6.92 Å². The molecule has 1 aromatic rings. The number of rotatable bonds is 2. The Morgan fingerprint density at radius 2 is 2.25 bits per heavy atom. The van der Waals surface area contributed by atoms with Crippen molar-refractivity contribution < 1.29 is 0 Å². The second kappa shape index (κ2) is 4.07. The fourth-order valence-electron chi connectivity index (χ4n) is 1.92. The lowest BCUT2D eigenvalue weighted by molar-refractivity contribution is 0.656. The quantitative estimate of drug-likeness (QED) is 0.825. The number of nitrogens with zero attached hydrogens (tertiary/aromatic N) is 1. The van der Waals surface area contributed by atoms with E-state index < -0.39 is 5.54 Å². The molecule has 2 rings (SSSR count). The number of hydrogen-bond acceptors (Lipinski definition) is 3. The van der Waals surface area contributed by atoms with Crippen molar-refractivity contribution in [2.45, 2.75) is 19.4 Å². The lowest BCUT2D eigenvalue weighted by Crippen LogP contribution is -2.47.